The molecule has 0 unspecified atom stereocenters. The SMILES string of the molecule is OCc1sc(CO)c2c1[C@@H]1C=C[C@H]2CC1. The van der Waals surface area contributed by atoms with E-state index in [1.165, 1.54) is 24.0 Å². The van der Waals surface area contributed by atoms with E-state index in [0.29, 0.717) is 11.8 Å². The van der Waals surface area contributed by atoms with Gasteiger partial charge in [-0.1, -0.05) is 12.2 Å². The Labute approximate surface area is 92.9 Å². The van der Waals surface area contributed by atoms with Crippen LogP contribution in [0.2, 0.25) is 0 Å². The van der Waals surface area contributed by atoms with Gasteiger partial charge >= 0.3 is 0 Å². The van der Waals surface area contributed by atoms with Crippen molar-refractivity contribution in [1.82, 2.24) is 0 Å². The van der Waals surface area contributed by atoms with Gasteiger partial charge in [-0.25, -0.2) is 0 Å². The zero-order chi connectivity index (χ0) is 10.4. The summed E-state index contributed by atoms with van der Waals surface area (Å²) in [5.41, 5.74) is 2.65. The van der Waals surface area contributed by atoms with Crippen molar-refractivity contribution >= 4 is 11.3 Å². The third-order valence-corrected chi connectivity index (χ3v) is 4.72. The summed E-state index contributed by atoms with van der Waals surface area (Å²) in [6.07, 6.45) is 6.93. The van der Waals surface area contributed by atoms with Crippen molar-refractivity contribution in [3.8, 4) is 0 Å². The summed E-state index contributed by atoms with van der Waals surface area (Å²) < 4.78 is 0. The molecule has 0 saturated carbocycles. The first-order valence-corrected chi connectivity index (χ1v) is 6.21. The predicted octanol–water partition coefficient (Wildman–Crippen LogP) is 2.26. The number of thiophene rings is 1. The van der Waals surface area contributed by atoms with Gasteiger partial charge in [0, 0.05) is 21.6 Å². The van der Waals surface area contributed by atoms with Crippen LogP contribution in [0.25, 0.3) is 0 Å². The summed E-state index contributed by atoms with van der Waals surface area (Å²) in [5.74, 6) is 0.979. The first-order valence-electron chi connectivity index (χ1n) is 5.39. The highest BCUT2D eigenvalue weighted by atomic mass is 32.1. The van der Waals surface area contributed by atoms with Crippen LogP contribution < -0.4 is 0 Å². The Kier molecular flexibility index (Phi) is 2.20. The van der Waals surface area contributed by atoms with E-state index < -0.39 is 0 Å². The average molecular weight is 222 g/mol. The second-order valence-corrected chi connectivity index (χ2v) is 5.46. The maximum atomic E-state index is 9.34. The van der Waals surface area contributed by atoms with Gasteiger partial charge in [-0.2, -0.15) is 0 Å². The van der Waals surface area contributed by atoms with Crippen LogP contribution in [0.3, 0.4) is 0 Å². The lowest BCUT2D eigenvalue weighted by Gasteiger charge is -2.32. The van der Waals surface area contributed by atoms with E-state index in [2.05, 4.69) is 12.2 Å². The van der Waals surface area contributed by atoms with E-state index in [1.54, 1.807) is 11.3 Å². The van der Waals surface area contributed by atoms with Crippen molar-refractivity contribution < 1.29 is 10.2 Å². The Bertz CT molecular complexity index is 383. The van der Waals surface area contributed by atoms with Crippen molar-refractivity contribution in [3.63, 3.8) is 0 Å². The highest BCUT2D eigenvalue weighted by Gasteiger charge is 2.34. The summed E-state index contributed by atoms with van der Waals surface area (Å²) in [6, 6.07) is 0. The third-order valence-electron chi connectivity index (χ3n) is 3.53. The maximum absolute atomic E-state index is 9.34. The van der Waals surface area contributed by atoms with Crippen LogP contribution in [-0.2, 0) is 13.2 Å². The maximum Gasteiger partial charge on any atom is 0.0777 e. The molecule has 0 spiro atoms. The summed E-state index contributed by atoms with van der Waals surface area (Å²) in [5, 5.41) is 18.7. The second kappa shape index (κ2) is 3.44. The Morgan fingerprint density at radius 3 is 1.80 bits per heavy atom. The molecule has 1 aromatic heterocycles. The molecular weight excluding hydrogens is 208 g/mol. The van der Waals surface area contributed by atoms with E-state index in [9.17, 15) is 10.2 Å². The molecule has 0 aromatic carbocycles. The van der Waals surface area contributed by atoms with Gasteiger partial charge in [-0.15, -0.1) is 11.3 Å². The molecule has 3 aliphatic rings. The van der Waals surface area contributed by atoms with E-state index in [-0.39, 0.29) is 13.2 Å². The van der Waals surface area contributed by atoms with E-state index >= 15 is 0 Å². The molecule has 80 valence electrons. The Hall–Kier alpha value is -0.640. The molecule has 15 heavy (non-hydrogen) atoms. The van der Waals surface area contributed by atoms with Crippen LogP contribution in [0.5, 0.6) is 0 Å². The van der Waals surface area contributed by atoms with Crippen molar-refractivity contribution in [2.45, 2.75) is 37.9 Å². The lowest BCUT2D eigenvalue weighted by atomic mass is 9.72. The molecule has 1 aromatic rings. The van der Waals surface area contributed by atoms with Gasteiger partial charge in [0.25, 0.3) is 0 Å². The van der Waals surface area contributed by atoms with Gasteiger partial charge in [0.2, 0.25) is 0 Å². The molecule has 4 rings (SSSR count). The third kappa shape index (κ3) is 1.24. The molecule has 0 amide bonds. The summed E-state index contributed by atoms with van der Waals surface area (Å²) in [6.45, 7) is 0.230. The van der Waals surface area contributed by atoms with Crippen LogP contribution in [-0.4, -0.2) is 10.2 Å². The monoisotopic (exact) mass is 222 g/mol. The quantitative estimate of drug-likeness (QED) is 0.754. The fraction of sp³-hybridized carbons (Fsp3) is 0.500. The van der Waals surface area contributed by atoms with Gasteiger partial charge < -0.3 is 10.2 Å². The number of hydrogen-bond acceptors (Lipinski definition) is 3. The lowest BCUT2D eigenvalue weighted by molar-refractivity contribution is 0.282. The normalized spacial score (nSPS) is 27.1. The molecule has 1 heterocycles. The van der Waals surface area contributed by atoms with Crippen molar-refractivity contribution in [1.29, 1.82) is 0 Å². The van der Waals surface area contributed by atoms with E-state index in [1.807, 2.05) is 0 Å². The van der Waals surface area contributed by atoms with Gasteiger partial charge in [0.05, 0.1) is 13.2 Å². The largest absolute Gasteiger partial charge is 0.391 e. The fourth-order valence-electron chi connectivity index (χ4n) is 2.91. The molecule has 0 radical (unpaired) electrons. The fourth-order valence-corrected chi connectivity index (χ4v) is 4.08. The number of allylic oxidation sites excluding steroid dienone is 2. The number of aliphatic hydroxyl groups is 2. The van der Waals surface area contributed by atoms with Crippen molar-refractivity contribution in [2.75, 3.05) is 0 Å². The molecule has 2 atom stereocenters. The Morgan fingerprint density at radius 2 is 1.47 bits per heavy atom. The van der Waals surface area contributed by atoms with Crippen LogP contribution in [0.4, 0.5) is 0 Å². The number of fused-ring (bicyclic) bond motifs is 1. The first kappa shape index (κ1) is 9.58. The van der Waals surface area contributed by atoms with Crippen LogP contribution in [0, 0.1) is 0 Å². The molecule has 3 heteroatoms. The number of aliphatic hydroxyl groups excluding tert-OH is 2. The Morgan fingerprint density at radius 1 is 1.00 bits per heavy atom. The molecule has 2 N–H and O–H groups in total. The minimum absolute atomic E-state index is 0.115. The molecule has 3 aliphatic carbocycles. The Balaban J connectivity index is 2.20. The summed E-state index contributed by atoms with van der Waals surface area (Å²) in [4.78, 5) is 2.13. The zero-order valence-corrected chi connectivity index (χ0v) is 9.26. The zero-order valence-electron chi connectivity index (χ0n) is 8.44. The first-order chi connectivity index (χ1) is 7.35. The minimum atomic E-state index is 0.115. The highest BCUT2D eigenvalue weighted by molar-refractivity contribution is 7.12. The van der Waals surface area contributed by atoms with Gasteiger partial charge in [0.1, 0.15) is 0 Å². The summed E-state index contributed by atoms with van der Waals surface area (Å²) >= 11 is 1.58. The predicted molar refractivity (Wildman–Crippen MR) is 60.0 cm³/mol. The van der Waals surface area contributed by atoms with Crippen LogP contribution in [0.15, 0.2) is 12.2 Å². The average Bonchev–Trinajstić information content (AvgIpc) is 2.71. The minimum Gasteiger partial charge on any atom is -0.391 e. The van der Waals surface area contributed by atoms with E-state index in [0.717, 1.165) is 9.75 Å². The molecule has 0 aliphatic heterocycles. The van der Waals surface area contributed by atoms with Crippen molar-refractivity contribution in [2.24, 2.45) is 0 Å². The van der Waals surface area contributed by atoms with Gasteiger partial charge in [0.15, 0.2) is 0 Å². The van der Waals surface area contributed by atoms with Crippen LogP contribution >= 0.6 is 11.3 Å². The van der Waals surface area contributed by atoms with E-state index in [4.69, 9.17) is 0 Å². The topological polar surface area (TPSA) is 40.5 Å². The molecule has 0 fully saturated rings. The smallest absolute Gasteiger partial charge is 0.0777 e. The molecular formula is C12H14O2S. The highest BCUT2D eigenvalue weighted by Crippen LogP contribution is 2.50. The van der Waals surface area contributed by atoms with Crippen molar-refractivity contribution in [3.05, 3.63) is 33.0 Å². The van der Waals surface area contributed by atoms with Crippen LogP contribution in [0.1, 0.15) is 45.6 Å². The number of hydrogen-bond donors (Lipinski definition) is 2. The van der Waals surface area contributed by atoms with Gasteiger partial charge in [-0.05, 0) is 24.0 Å². The standard InChI is InChI=1S/C12H14O2S/c13-5-9-11-7-1-2-8(4-3-7)12(11)10(6-14)15-9/h1-2,7-8,13-14H,3-6H2/t7-,8+. The van der Waals surface area contributed by atoms with Gasteiger partial charge in [-0.3, -0.25) is 0 Å². The number of rotatable bonds is 2. The summed E-state index contributed by atoms with van der Waals surface area (Å²) in [7, 11) is 0. The molecule has 0 saturated heterocycles. The molecule has 2 bridgehead atoms. The lowest BCUT2D eigenvalue weighted by Crippen LogP contribution is -2.17. The second-order valence-electron chi connectivity index (χ2n) is 4.27. The molecule has 2 nitrogen and oxygen atoms in total.